The Morgan fingerprint density at radius 3 is 2.33 bits per heavy atom. The van der Waals surface area contributed by atoms with E-state index < -0.39 is 11.7 Å². The van der Waals surface area contributed by atoms with Crippen LogP contribution in [-0.2, 0) is 12.6 Å². The summed E-state index contributed by atoms with van der Waals surface area (Å²) in [5.74, 6) is 0. The van der Waals surface area contributed by atoms with E-state index in [1.54, 1.807) is 6.07 Å². The predicted molar refractivity (Wildman–Crippen MR) is 59.2 cm³/mol. The molecule has 86 valence electrons. The molecule has 0 aromatic heterocycles. The first kappa shape index (κ1) is 14.7. The highest BCUT2D eigenvalue weighted by atomic mass is 79.9. The second-order valence-electron chi connectivity index (χ2n) is 2.85. The van der Waals surface area contributed by atoms with E-state index in [4.69, 9.17) is 5.73 Å². The van der Waals surface area contributed by atoms with Gasteiger partial charge in [0.15, 0.2) is 0 Å². The van der Waals surface area contributed by atoms with E-state index in [-0.39, 0.29) is 16.9 Å². The average Bonchev–Trinajstić information content (AvgIpc) is 2.07. The van der Waals surface area contributed by atoms with Crippen molar-refractivity contribution in [3.8, 4) is 0 Å². The van der Waals surface area contributed by atoms with Gasteiger partial charge in [-0.15, -0.1) is 12.4 Å². The summed E-state index contributed by atoms with van der Waals surface area (Å²) in [7, 11) is 0. The number of nitrogens with two attached hydrogens (primary N) is 1. The molecule has 0 spiro atoms. The molecule has 1 aromatic rings. The largest absolute Gasteiger partial charge is 0.417 e. The molecule has 1 nitrogen and oxygen atoms in total. The molecular weight excluding hydrogens is 294 g/mol. The highest BCUT2D eigenvalue weighted by Crippen LogP contribution is 2.35. The Morgan fingerprint density at radius 2 is 1.87 bits per heavy atom. The maximum Gasteiger partial charge on any atom is 0.417 e. The minimum atomic E-state index is -4.32. The molecule has 0 unspecified atom stereocenters. The maximum absolute atomic E-state index is 12.4. The van der Waals surface area contributed by atoms with Crippen LogP contribution in [0.25, 0.3) is 0 Å². The number of halogens is 5. The summed E-state index contributed by atoms with van der Waals surface area (Å²) in [6, 6.07) is 4.15. The predicted octanol–water partition coefficient (Wildman–Crippen LogP) is 3.39. The van der Waals surface area contributed by atoms with Crippen molar-refractivity contribution >= 4 is 28.3 Å². The van der Waals surface area contributed by atoms with Gasteiger partial charge in [-0.25, -0.2) is 0 Å². The van der Waals surface area contributed by atoms with Gasteiger partial charge < -0.3 is 5.73 Å². The fraction of sp³-hybridized carbons (Fsp3) is 0.333. The van der Waals surface area contributed by atoms with Gasteiger partial charge in [0.2, 0.25) is 0 Å². The Kier molecular flexibility index (Phi) is 5.62. The monoisotopic (exact) mass is 303 g/mol. The average molecular weight is 305 g/mol. The van der Waals surface area contributed by atoms with Crippen molar-refractivity contribution < 1.29 is 13.2 Å². The van der Waals surface area contributed by atoms with E-state index in [1.807, 2.05) is 0 Å². The lowest BCUT2D eigenvalue weighted by atomic mass is 10.1. The van der Waals surface area contributed by atoms with Crippen molar-refractivity contribution in [3.63, 3.8) is 0 Å². The Labute approximate surface area is 100 Å². The Morgan fingerprint density at radius 1 is 1.27 bits per heavy atom. The molecule has 1 rings (SSSR count). The molecule has 0 radical (unpaired) electrons. The molecule has 2 N–H and O–H groups in total. The fourth-order valence-electron chi connectivity index (χ4n) is 1.11. The molecule has 0 atom stereocenters. The molecule has 6 heteroatoms. The zero-order chi connectivity index (χ0) is 10.8. The van der Waals surface area contributed by atoms with Crippen molar-refractivity contribution in [2.75, 3.05) is 6.54 Å². The molecule has 0 amide bonds. The Balaban J connectivity index is 0.00000196. The smallest absolute Gasteiger partial charge is 0.330 e. The van der Waals surface area contributed by atoms with Gasteiger partial charge in [-0.05, 0) is 30.7 Å². The Bertz CT molecular complexity index is 328. The van der Waals surface area contributed by atoms with Crippen molar-refractivity contribution in [3.05, 3.63) is 33.8 Å². The quantitative estimate of drug-likeness (QED) is 0.890. The maximum atomic E-state index is 12.4. The van der Waals surface area contributed by atoms with Gasteiger partial charge in [-0.2, -0.15) is 13.2 Å². The van der Waals surface area contributed by atoms with Crippen LogP contribution < -0.4 is 5.73 Å². The van der Waals surface area contributed by atoms with Crippen LogP contribution in [0.5, 0.6) is 0 Å². The first-order valence-corrected chi connectivity index (χ1v) is 4.80. The number of rotatable bonds is 2. The van der Waals surface area contributed by atoms with Crippen LogP contribution in [0, 0.1) is 0 Å². The van der Waals surface area contributed by atoms with Gasteiger partial charge in [0.1, 0.15) is 0 Å². The van der Waals surface area contributed by atoms with E-state index in [2.05, 4.69) is 15.9 Å². The minimum Gasteiger partial charge on any atom is -0.330 e. The van der Waals surface area contributed by atoms with Crippen LogP contribution in [0.15, 0.2) is 22.7 Å². The molecular formula is C9H10BrClF3N. The van der Waals surface area contributed by atoms with Gasteiger partial charge >= 0.3 is 6.18 Å². The SMILES string of the molecule is Cl.NCCc1ccc(Br)c(C(F)(F)F)c1. The van der Waals surface area contributed by atoms with E-state index in [9.17, 15) is 13.2 Å². The molecule has 1 aromatic carbocycles. The fourth-order valence-corrected chi connectivity index (χ4v) is 1.58. The Hall–Kier alpha value is -0.260. The minimum absolute atomic E-state index is 0. The summed E-state index contributed by atoms with van der Waals surface area (Å²) >= 11 is 2.87. The summed E-state index contributed by atoms with van der Waals surface area (Å²) in [6.45, 7) is 0.346. The summed E-state index contributed by atoms with van der Waals surface area (Å²) in [6.07, 6.45) is -3.86. The lowest BCUT2D eigenvalue weighted by Gasteiger charge is -2.10. The third-order valence-electron chi connectivity index (χ3n) is 1.77. The van der Waals surface area contributed by atoms with E-state index >= 15 is 0 Å². The molecule has 15 heavy (non-hydrogen) atoms. The highest BCUT2D eigenvalue weighted by molar-refractivity contribution is 9.10. The summed E-state index contributed by atoms with van der Waals surface area (Å²) in [4.78, 5) is 0. The molecule has 0 saturated carbocycles. The normalized spacial score (nSPS) is 11.0. The summed E-state index contributed by atoms with van der Waals surface area (Å²) in [5.41, 5.74) is 5.22. The summed E-state index contributed by atoms with van der Waals surface area (Å²) in [5, 5.41) is 0. The van der Waals surface area contributed by atoms with Crippen molar-refractivity contribution in [1.82, 2.24) is 0 Å². The molecule has 0 saturated heterocycles. The first-order valence-electron chi connectivity index (χ1n) is 4.01. The van der Waals surface area contributed by atoms with Gasteiger partial charge in [-0.3, -0.25) is 0 Å². The second-order valence-corrected chi connectivity index (χ2v) is 3.70. The topological polar surface area (TPSA) is 26.0 Å². The lowest BCUT2D eigenvalue weighted by Crippen LogP contribution is -2.08. The standard InChI is InChI=1S/C9H9BrF3N.ClH/c10-8-2-1-6(3-4-14)5-7(8)9(11,12)13;/h1-2,5H,3-4,14H2;1H. The molecule has 0 aliphatic heterocycles. The van der Waals surface area contributed by atoms with E-state index in [0.717, 1.165) is 6.07 Å². The molecule has 0 aliphatic carbocycles. The van der Waals surface area contributed by atoms with Crippen molar-refractivity contribution in [2.24, 2.45) is 5.73 Å². The van der Waals surface area contributed by atoms with Gasteiger partial charge in [-0.1, -0.05) is 22.0 Å². The molecule has 0 heterocycles. The van der Waals surface area contributed by atoms with Crippen LogP contribution in [0.2, 0.25) is 0 Å². The van der Waals surface area contributed by atoms with Gasteiger partial charge in [0.05, 0.1) is 5.56 Å². The lowest BCUT2D eigenvalue weighted by molar-refractivity contribution is -0.138. The van der Waals surface area contributed by atoms with E-state index in [1.165, 1.54) is 6.07 Å². The van der Waals surface area contributed by atoms with Crippen molar-refractivity contribution in [1.29, 1.82) is 0 Å². The molecule has 0 bridgehead atoms. The van der Waals surface area contributed by atoms with Crippen LogP contribution in [0.3, 0.4) is 0 Å². The van der Waals surface area contributed by atoms with Gasteiger partial charge in [0.25, 0.3) is 0 Å². The van der Waals surface area contributed by atoms with Gasteiger partial charge in [0, 0.05) is 4.47 Å². The van der Waals surface area contributed by atoms with Crippen LogP contribution in [0.4, 0.5) is 13.2 Å². The summed E-state index contributed by atoms with van der Waals surface area (Å²) < 4.78 is 37.3. The van der Waals surface area contributed by atoms with Crippen molar-refractivity contribution in [2.45, 2.75) is 12.6 Å². The van der Waals surface area contributed by atoms with E-state index in [0.29, 0.717) is 18.5 Å². The zero-order valence-electron chi connectivity index (χ0n) is 7.64. The van der Waals surface area contributed by atoms with Crippen LogP contribution in [0.1, 0.15) is 11.1 Å². The number of hydrogen-bond donors (Lipinski definition) is 1. The number of alkyl halides is 3. The molecule has 0 aliphatic rings. The van der Waals surface area contributed by atoms with Crippen LogP contribution in [-0.4, -0.2) is 6.54 Å². The third kappa shape index (κ3) is 4.01. The zero-order valence-corrected chi connectivity index (χ0v) is 10.0. The number of benzene rings is 1. The molecule has 0 fully saturated rings. The highest BCUT2D eigenvalue weighted by Gasteiger charge is 2.32. The number of hydrogen-bond acceptors (Lipinski definition) is 1. The second kappa shape index (κ2) is 5.72. The van der Waals surface area contributed by atoms with Crippen LogP contribution >= 0.6 is 28.3 Å². The first-order chi connectivity index (χ1) is 6.45. The third-order valence-corrected chi connectivity index (χ3v) is 2.46.